The Labute approximate surface area is 159 Å². The maximum absolute atomic E-state index is 13.5. The highest BCUT2D eigenvalue weighted by molar-refractivity contribution is 7.92. The number of nitrogens with zero attached hydrogens (tertiary/aromatic N) is 2. The van der Waals surface area contributed by atoms with E-state index in [-0.39, 0.29) is 18.0 Å². The minimum Gasteiger partial charge on any atom is -0.357 e. The van der Waals surface area contributed by atoms with Crippen molar-refractivity contribution in [2.75, 3.05) is 23.6 Å². The van der Waals surface area contributed by atoms with Crippen LogP contribution in [0.15, 0.2) is 47.6 Å². The minimum atomic E-state index is -3.62. The molecule has 0 amide bonds. The van der Waals surface area contributed by atoms with Gasteiger partial charge in [-0.3, -0.25) is 9.71 Å². The van der Waals surface area contributed by atoms with Crippen molar-refractivity contribution >= 4 is 21.7 Å². The third kappa shape index (κ3) is 7.22. The highest BCUT2D eigenvalue weighted by Crippen LogP contribution is 2.14. The topological polar surface area (TPSA) is 95.5 Å². The molecule has 0 aliphatic heterocycles. The van der Waals surface area contributed by atoms with Gasteiger partial charge in [0.2, 0.25) is 10.0 Å². The van der Waals surface area contributed by atoms with Crippen molar-refractivity contribution in [3.63, 3.8) is 0 Å². The van der Waals surface area contributed by atoms with Gasteiger partial charge in [0.1, 0.15) is 5.82 Å². The molecule has 0 saturated carbocycles. The molecule has 3 N–H and O–H groups in total. The number of sulfonamides is 1. The summed E-state index contributed by atoms with van der Waals surface area (Å²) in [6, 6.07) is 9.79. The summed E-state index contributed by atoms with van der Waals surface area (Å²) in [5.74, 6) is -0.139. The Bertz CT molecular complexity index is 873. The Kier molecular flexibility index (Phi) is 7.54. The number of anilines is 1. The molecule has 1 heterocycles. The lowest BCUT2D eigenvalue weighted by molar-refractivity contribution is 0.599. The third-order valence-corrected chi connectivity index (χ3v) is 4.87. The van der Waals surface area contributed by atoms with Gasteiger partial charge in [0.05, 0.1) is 23.7 Å². The first-order valence-electron chi connectivity index (χ1n) is 8.58. The second-order valence-corrected chi connectivity index (χ2v) is 7.67. The molecule has 9 heteroatoms. The minimum absolute atomic E-state index is 0.151. The normalized spacial score (nSPS) is 11.9. The zero-order chi connectivity index (χ0) is 19.7. The number of aromatic nitrogens is 1. The summed E-state index contributed by atoms with van der Waals surface area (Å²) in [6.45, 7) is 4.70. The molecule has 0 fully saturated rings. The largest absolute Gasteiger partial charge is 0.357 e. The van der Waals surface area contributed by atoms with E-state index in [1.54, 1.807) is 13.1 Å². The first kappa shape index (κ1) is 20.6. The van der Waals surface area contributed by atoms with E-state index in [1.807, 2.05) is 25.1 Å². The number of aliphatic imine (C=N–C) groups is 1. The molecule has 146 valence electrons. The monoisotopic (exact) mass is 393 g/mol. The summed E-state index contributed by atoms with van der Waals surface area (Å²) in [7, 11) is -3.62. The van der Waals surface area contributed by atoms with Gasteiger partial charge in [0.15, 0.2) is 5.96 Å². The van der Waals surface area contributed by atoms with Crippen LogP contribution in [0.1, 0.15) is 18.2 Å². The average Bonchev–Trinajstić information content (AvgIpc) is 2.63. The molecule has 2 rings (SSSR count). The van der Waals surface area contributed by atoms with Crippen LogP contribution in [0.4, 0.5) is 10.1 Å². The van der Waals surface area contributed by atoms with E-state index in [4.69, 9.17) is 0 Å². The van der Waals surface area contributed by atoms with E-state index >= 15 is 0 Å². The van der Waals surface area contributed by atoms with Crippen molar-refractivity contribution < 1.29 is 12.8 Å². The molecular formula is C18H24FN5O2S. The third-order valence-electron chi connectivity index (χ3n) is 3.58. The Balaban J connectivity index is 1.89. The van der Waals surface area contributed by atoms with Gasteiger partial charge >= 0.3 is 0 Å². The second kappa shape index (κ2) is 9.86. The van der Waals surface area contributed by atoms with Crippen LogP contribution in [0.25, 0.3) is 0 Å². The number of rotatable bonds is 8. The van der Waals surface area contributed by atoms with Crippen LogP contribution < -0.4 is 15.4 Å². The molecule has 27 heavy (non-hydrogen) atoms. The van der Waals surface area contributed by atoms with Crippen molar-refractivity contribution in [2.45, 2.75) is 20.4 Å². The van der Waals surface area contributed by atoms with Crippen molar-refractivity contribution in [3.8, 4) is 0 Å². The van der Waals surface area contributed by atoms with E-state index < -0.39 is 15.8 Å². The van der Waals surface area contributed by atoms with Crippen LogP contribution in [0, 0.1) is 12.7 Å². The van der Waals surface area contributed by atoms with Gasteiger partial charge in [-0.1, -0.05) is 12.1 Å². The molecular weight excluding hydrogens is 369 g/mol. The van der Waals surface area contributed by atoms with Gasteiger partial charge in [-0.15, -0.1) is 0 Å². The maximum Gasteiger partial charge on any atom is 0.234 e. The molecule has 1 aromatic heterocycles. The molecule has 0 bridgehead atoms. The highest BCUT2D eigenvalue weighted by atomic mass is 32.2. The molecule has 0 atom stereocenters. The maximum atomic E-state index is 13.5. The molecule has 0 aliphatic carbocycles. The SMILES string of the molecule is CCNC(=NCc1ccccn1)NCCS(=O)(=O)Nc1ccc(C)c(F)c1. The Morgan fingerprint density at radius 1 is 1.22 bits per heavy atom. The number of hydrogen-bond acceptors (Lipinski definition) is 4. The van der Waals surface area contributed by atoms with Gasteiger partial charge in [-0.25, -0.2) is 17.8 Å². The van der Waals surface area contributed by atoms with Crippen molar-refractivity contribution in [3.05, 3.63) is 59.7 Å². The Morgan fingerprint density at radius 2 is 2.04 bits per heavy atom. The lowest BCUT2D eigenvalue weighted by Gasteiger charge is -2.12. The fraction of sp³-hybridized carbons (Fsp3) is 0.333. The van der Waals surface area contributed by atoms with Gasteiger partial charge < -0.3 is 10.6 Å². The number of guanidine groups is 1. The van der Waals surface area contributed by atoms with Crippen molar-refractivity contribution in [1.29, 1.82) is 0 Å². The van der Waals surface area contributed by atoms with Crippen molar-refractivity contribution in [2.24, 2.45) is 4.99 Å². The molecule has 0 aliphatic rings. The smallest absolute Gasteiger partial charge is 0.234 e. The summed E-state index contributed by atoms with van der Waals surface area (Å²) in [5, 5.41) is 6.02. The quantitative estimate of drug-likeness (QED) is 0.471. The summed E-state index contributed by atoms with van der Waals surface area (Å²) in [5.41, 5.74) is 1.47. The highest BCUT2D eigenvalue weighted by Gasteiger charge is 2.12. The first-order valence-corrected chi connectivity index (χ1v) is 10.2. The standard InChI is InChI=1S/C18H24FN5O2S/c1-3-20-18(23-13-16-6-4-5-9-21-16)22-10-11-27(25,26)24-15-8-7-14(2)17(19)12-15/h4-9,12,24H,3,10-11,13H2,1-2H3,(H2,20,22,23). The van der Waals surface area contributed by atoms with Gasteiger partial charge in [0, 0.05) is 19.3 Å². The number of halogens is 1. The molecule has 1 aromatic carbocycles. The Hall–Kier alpha value is -2.68. The number of hydrogen-bond donors (Lipinski definition) is 3. The van der Waals surface area contributed by atoms with E-state index in [0.29, 0.717) is 24.6 Å². The molecule has 2 aromatic rings. The second-order valence-electron chi connectivity index (χ2n) is 5.83. The van der Waals surface area contributed by atoms with Crippen molar-refractivity contribution in [1.82, 2.24) is 15.6 Å². The molecule has 0 saturated heterocycles. The molecule has 0 spiro atoms. The fourth-order valence-corrected chi connectivity index (χ4v) is 3.14. The predicted molar refractivity (Wildman–Crippen MR) is 106 cm³/mol. The van der Waals surface area contributed by atoms with E-state index in [0.717, 1.165) is 5.69 Å². The van der Waals surface area contributed by atoms with Gasteiger partial charge in [-0.2, -0.15) is 0 Å². The summed E-state index contributed by atoms with van der Waals surface area (Å²) in [4.78, 5) is 8.57. The number of aryl methyl sites for hydroxylation is 1. The number of pyridine rings is 1. The Morgan fingerprint density at radius 3 is 2.70 bits per heavy atom. The molecule has 0 unspecified atom stereocenters. The van der Waals surface area contributed by atoms with Crippen LogP contribution in [-0.4, -0.2) is 38.2 Å². The average molecular weight is 393 g/mol. The number of benzene rings is 1. The zero-order valence-electron chi connectivity index (χ0n) is 15.4. The summed E-state index contributed by atoms with van der Waals surface area (Å²) < 4.78 is 40.3. The predicted octanol–water partition coefficient (Wildman–Crippen LogP) is 2.03. The van der Waals surface area contributed by atoms with Gasteiger partial charge in [-0.05, 0) is 43.7 Å². The summed E-state index contributed by atoms with van der Waals surface area (Å²) in [6.07, 6.45) is 1.69. The molecule has 0 radical (unpaired) electrons. The molecule has 7 nitrogen and oxygen atoms in total. The van der Waals surface area contributed by atoms with E-state index in [2.05, 4.69) is 25.3 Å². The zero-order valence-corrected chi connectivity index (χ0v) is 16.2. The first-order chi connectivity index (χ1) is 12.9. The van der Waals surface area contributed by atoms with Crippen LogP contribution in [0.3, 0.4) is 0 Å². The van der Waals surface area contributed by atoms with E-state index in [1.165, 1.54) is 18.2 Å². The number of nitrogens with one attached hydrogen (secondary N) is 3. The van der Waals surface area contributed by atoms with Crippen LogP contribution in [0.2, 0.25) is 0 Å². The fourth-order valence-electron chi connectivity index (χ4n) is 2.18. The summed E-state index contributed by atoms with van der Waals surface area (Å²) >= 11 is 0. The van der Waals surface area contributed by atoms with Crippen LogP contribution in [0.5, 0.6) is 0 Å². The van der Waals surface area contributed by atoms with Crippen LogP contribution in [-0.2, 0) is 16.6 Å². The van der Waals surface area contributed by atoms with Crippen LogP contribution >= 0.6 is 0 Å². The van der Waals surface area contributed by atoms with E-state index in [9.17, 15) is 12.8 Å². The lowest BCUT2D eigenvalue weighted by atomic mass is 10.2. The lowest BCUT2D eigenvalue weighted by Crippen LogP contribution is -2.40. The van der Waals surface area contributed by atoms with Gasteiger partial charge in [0.25, 0.3) is 0 Å².